The van der Waals surface area contributed by atoms with E-state index in [9.17, 15) is 14.4 Å². The summed E-state index contributed by atoms with van der Waals surface area (Å²) in [6.07, 6.45) is 4.86. The summed E-state index contributed by atoms with van der Waals surface area (Å²) in [7, 11) is 0. The summed E-state index contributed by atoms with van der Waals surface area (Å²) in [6.45, 7) is 3.22. The first-order chi connectivity index (χ1) is 9.95. The minimum atomic E-state index is -1.13. The molecule has 1 aromatic heterocycles. The van der Waals surface area contributed by atoms with Gasteiger partial charge in [-0.2, -0.15) is 0 Å². The van der Waals surface area contributed by atoms with E-state index in [0.717, 1.165) is 0 Å². The molecule has 0 aliphatic heterocycles. The van der Waals surface area contributed by atoms with Crippen LogP contribution in [0.2, 0.25) is 0 Å². The molecule has 0 saturated heterocycles. The van der Waals surface area contributed by atoms with Crippen molar-refractivity contribution in [3.8, 4) is 0 Å². The van der Waals surface area contributed by atoms with Crippen LogP contribution in [0.4, 0.5) is 0 Å². The fourth-order valence-corrected chi connectivity index (χ4v) is 1.53. The lowest BCUT2D eigenvalue weighted by atomic mass is 10.2. The van der Waals surface area contributed by atoms with Gasteiger partial charge in [0.15, 0.2) is 5.76 Å². The number of carbonyl (C=O) groups is 3. The molecule has 7 nitrogen and oxygen atoms in total. The monoisotopic (exact) mass is 294 g/mol. The van der Waals surface area contributed by atoms with Crippen LogP contribution in [-0.4, -0.2) is 35.0 Å². The molecular weight excluding hydrogens is 276 g/mol. The SMILES string of the molecule is C/C=C/CC(NC(=O)C(C)NC(=O)c1ccco1)C(=O)O. The zero-order chi connectivity index (χ0) is 15.8. The van der Waals surface area contributed by atoms with Crippen molar-refractivity contribution in [2.24, 2.45) is 0 Å². The number of allylic oxidation sites excluding steroid dienone is 1. The summed E-state index contributed by atoms with van der Waals surface area (Å²) >= 11 is 0. The number of carboxylic acid groups (broad SMARTS) is 1. The standard InChI is InChI=1S/C14H18N2O5/c1-3-4-6-10(14(19)20)16-12(17)9(2)15-13(18)11-7-5-8-21-11/h3-5,7-10H,6H2,1-2H3,(H,15,18)(H,16,17)(H,19,20)/b4-3+. The van der Waals surface area contributed by atoms with E-state index in [1.807, 2.05) is 0 Å². The van der Waals surface area contributed by atoms with E-state index in [4.69, 9.17) is 9.52 Å². The van der Waals surface area contributed by atoms with Crippen LogP contribution in [0.25, 0.3) is 0 Å². The number of hydrogen-bond acceptors (Lipinski definition) is 4. The van der Waals surface area contributed by atoms with Gasteiger partial charge in [-0.05, 0) is 32.4 Å². The lowest BCUT2D eigenvalue weighted by Gasteiger charge is -2.17. The number of nitrogens with one attached hydrogen (secondary N) is 2. The number of furan rings is 1. The second-order valence-corrected chi connectivity index (χ2v) is 4.38. The normalized spacial score (nSPS) is 13.6. The summed E-state index contributed by atoms with van der Waals surface area (Å²) in [6, 6.07) is 1.11. The van der Waals surface area contributed by atoms with Crippen molar-refractivity contribution in [3.05, 3.63) is 36.3 Å². The highest BCUT2D eigenvalue weighted by Crippen LogP contribution is 2.01. The maximum Gasteiger partial charge on any atom is 0.326 e. The average molecular weight is 294 g/mol. The Bertz CT molecular complexity index is 521. The number of carbonyl (C=O) groups excluding carboxylic acids is 2. The Morgan fingerprint density at radius 1 is 1.38 bits per heavy atom. The first-order valence-electron chi connectivity index (χ1n) is 6.44. The van der Waals surface area contributed by atoms with E-state index in [-0.39, 0.29) is 12.2 Å². The van der Waals surface area contributed by atoms with Crippen molar-refractivity contribution >= 4 is 17.8 Å². The van der Waals surface area contributed by atoms with Crippen LogP contribution < -0.4 is 10.6 Å². The molecule has 2 atom stereocenters. The molecule has 0 aliphatic carbocycles. The van der Waals surface area contributed by atoms with E-state index < -0.39 is 29.9 Å². The molecule has 0 spiro atoms. The Balaban J connectivity index is 2.56. The van der Waals surface area contributed by atoms with E-state index >= 15 is 0 Å². The molecule has 3 N–H and O–H groups in total. The average Bonchev–Trinajstić information content (AvgIpc) is 2.96. The summed E-state index contributed by atoms with van der Waals surface area (Å²) in [5.74, 6) is -2.17. The van der Waals surface area contributed by atoms with Crippen molar-refractivity contribution in [2.75, 3.05) is 0 Å². The van der Waals surface area contributed by atoms with Crippen LogP contribution in [0.3, 0.4) is 0 Å². The number of amides is 2. The van der Waals surface area contributed by atoms with E-state index in [2.05, 4.69) is 10.6 Å². The highest BCUT2D eigenvalue weighted by Gasteiger charge is 2.23. The third kappa shape index (κ3) is 5.13. The number of carboxylic acids is 1. The van der Waals surface area contributed by atoms with Gasteiger partial charge in [0.2, 0.25) is 5.91 Å². The van der Waals surface area contributed by atoms with Crippen molar-refractivity contribution < 1.29 is 23.9 Å². The van der Waals surface area contributed by atoms with Gasteiger partial charge in [0.05, 0.1) is 6.26 Å². The lowest BCUT2D eigenvalue weighted by molar-refractivity contribution is -0.141. The Morgan fingerprint density at radius 2 is 2.10 bits per heavy atom. The van der Waals surface area contributed by atoms with Gasteiger partial charge in [-0.1, -0.05) is 12.2 Å². The molecule has 0 radical (unpaired) electrons. The fraction of sp³-hybridized carbons (Fsp3) is 0.357. The van der Waals surface area contributed by atoms with Gasteiger partial charge < -0.3 is 20.2 Å². The van der Waals surface area contributed by atoms with Crippen LogP contribution in [0, 0.1) is 0 Å². The van der Waals surface area contributed by atoms with Gasteiger partial charge >= 0.3 is 5.97 Å². The van der Waals surface area contributed by atoms with Crippen molar-refractivity contribution in [3.63, 3.8) is 0 Å². The zero-order valence-electron chi connectivity index (χ0n) is 11.8. The smallest absolute Gasteiger partial charge is 0.326 e. The third-order valence-corrected chi connectivity index (χ3v) is 2.71. The molecule has 0 saturated carbocycles. The van der Waals surface area contributed by atoms with Crippen molar-refractivity contribution in [1.82, 2.24) is 10.6 Å². The molecule has 2 unspecified atom stereocenters. The summed E-state index contributed by atoms with van der Waals surface area (Å²) < 4.78 is 4.90. The number of aliphatic carboxylic acids is 1. The molecule has 0 aliphatic rings. The number of hydrogen-bond donors (Lipinski definition) is 3. The van der Waals surface area contributed by atoms with Crippen LogP contribution in [0.15, 0.2) is 35.0 Å². The molecule has 0 fully saturated rings. The summed E-state index contributed by atoms with van der Waals surface area (Å²) in [4.78, 5) is 34.6. The molecule has 114 valence electrons. The summed E-state index contributed by atoms with van der Waals surface area (Å²) in [5, 5.41) is 13.8. The Morgan fingerprint density at radius 3 is 2.62 bits per heavy atom. The van der Waals surface area contributed by atoms with Gasteiger partial charge in [-0.15, -0.1) is 0 Å². The van der Waals surface area contributed by atoms with Crippen molar-refractivity contribution in [1.29, 1.82) is 0 Å². The first kappa shape index (κ1) is 16.5. The van der Waals surface area contributed by atoms with Gasteiger partial charge in [0.25, 0.3) is 5.91 Å². The van der Waals surface area contributed by atoms with Crippen LogP contribution in [0.5, 0.6) is 0 Å². The number of rotatable bonds is 7. The largest absolute Gasteiger partial charge is 0.480 e. The van der Waals surface area contributed by atoms with Crippen LogP contribution in [0.1, 0.15) is 30.8 Å². The minimum Gasteiger partial charge on any atom is -0.480 e. The second kappa shape index (κ2) is 7.88. The second-order valence-electron chi connectivity index (χ2n) is 4.38. The zero-order valence-corrected chi connectivity index (χ0v) is 11.8. The maximum atomic E-state index is 11.9. The van der Waals surface area contributed by atoms with Crippen molar-refractivity contribution in [2.45, 2.75) is 32.4 Å². The molecular formula is C14H18N2O5. The van der Waals surface area contributed by atoms with Gasteiger partial charge in [-0.3, -0.25) is 9.59 Å². The van der Waals surface area contributed by atoms with Crippen LogP contribution >= 0.6 is 0 Å². The molecule has 0 bridgehead atoms. The lowest BCUT2D eigenvalue weighted by Crippen LogP contribution is -2.50. The highest BCUT2D eigenvalue weighted by molar-refractivity contribution is 5.96. The van der Waals surface area contributed by atoms with E-state index in [1.165, 1.54) is 19.3 Å². The highest BCUT2D eigenvalue weighted by atomic mass is 16.4. The molecule has 2 amide bonds. The van der Waals surface area contributed by atoms with Crippen LogP contribution in [-0.2, 0) is 9.59 Å². The Kier molecular flexibility index (Phi) is 6.19. The van der Waals surface area contributed by atoms with Gasteiger partial charge in [0.1, 0.15) is 12.1 Å². The first-order valence-corrected chi connectivity index (χ1v) is 6.44. The third-order valence-electron chi connectivity index (χ3n) is 2.71. The quantitative estimate of drug-likeness (QED) is 0.648. The molecule has 0 aromatic carbocycles. The Labute approximate surface area is 122 Å². The molecule has 1 aromatic rings. The predicted molar refractivity (Wildman–Crippen MR) is 74.6 cm³/mol. The topological polar surface area (TPSA) is 109 Å². The van der Waals surface area contributed by atoms with Gasteiger partial charge in [0, 0.05) is 0 Å². The minimum absolute atomic E-state index is 0.0818. The van der Waals surface area contributed by atoms with E-state index in [0.29, 0.717) is 0 Å². The Hall–Kier alpha value is -2.57. The molecule has 1 heterocycles. The fourth-order valence-electron chi connectivity index (χ4n) is 1.53. The molecule has 7 heteroatoms. The predicted octanol–water partition coefficient (Wildman–Crippen LogP) is 0.933. The summed E-state index contributed by atoms with van der Waals surface area (Å²) in [5.41, 5.74) is 0. The maximum absolute atomic E-state index is 11.9. The van der Waals surface area contributed by atoms with E-state index in [1.54, 1.807) is 25.1 Å². The van der Waals surface area contributed by atoms with Gasteiger partial charge in [-0.25, -0.2) is 4.79 Å². The molecule has 1 rings (SSSR count). The molecule has 21 heavy (non-hydrogen) atoms.